The number of anilines is 4. The van der Waals surface area contributed by atoms with E-state index in [-0.39, 0.29) is 11.4 Å². The van der Waals surface area contributed by atoms with Crippen LogP contribution >= 0.6 is 23.2 Å². The summed E-state index contributed by atoms with van der Waals surface area (Å²) in [6, 6.07) is 13.1. The fourth-order valence-corrected chi connectivity index (χ4v) is 3.93. The third-order valence-corrected chi connectivity index (χ3v) is 5.72. The minimum absolute atomic E-state index is 0.160. The fraction of sp³-hybridized carbons (Fsp3) is 0.261. The van der Waals surface area contributed by atoms with Crippen LogP contribution in [-0.4, -0.2) is 48.7 Å². The molecule has 1 amide bonds. The molecule has 33 heavy (non-hydrogen) atoms. The Morgan fingerprint density at radius 3 is 2.48 bits per heavy atom. The molecule has 0 spiro atoms. The summed E-state index contributed by atoms with van der Waals surface area (Å²) in [5.41, 5.74) is 2.49. The Labute approximate surface area is 202 Å². The van der Waals surface area contributed by atoms with Crippen molar-refractivity contribution < 1.29 is 9.53 Å². The van der Waals surface area contributed by atoms with Gasteiger partial charge in [-0.15, -0.1) is 0 Å². The first-order valence-corrected chi connectivity index (χ1v) is 11.4. The van der Waals surface area contributed by atoms with Gasteiger partial charge in [0.05, 0.1) is 22.3 Å². The molecule has 8 nitrogen and oxygen atoms in total. The molecule has 1 saturated heterocycles. The SMILES string of the molecule is CCOc1nc(Nc2ccc(N3CCNCC3)cc2)ncc1C(=O)Nc1c(Cl)cccc1Cl. The second kappa shape index (κ2) is 10.7. The lowest BCUT2D eigenvalue weighted by atomic mass is 10.2. The zero-order chi connectivity index (χ0) is 23.2. The Kier molecular flexibility index (Phi) is 7.49. The van der Waals surface area contributed by atoms with E-state index in [0.717, 1.165) is 31.9 Å². The first-order valence-electron chi connectivity index (χ1n) is 10.6. The Bertz CT molecular complexity index is 1100. The van der Waals surface area contributed by atoms with Crippen molar-refractivity contribution in [1.82, 2.24) is 15.3 Å². The van der Waals surface area contributed by atoms with Crippen LogP contribution in [0.1, 0.15) is 17.3 Å². The molecule has 1 fully saturated rings. The largest absolute Gasteiger partial charge is 0.477 e. The van der Waals surface area contributed by atoms with Gasteiger partial charge in [0.2, 0.25) is 11.8 Å². The van der Waals surface area contributed by atoms with Crippen molar-refractivity contribution in [3.63, 3.8) is 0 Å². The van der Waals surface area contributed by atoms with Crippen molar-refractivity contribution in [3.8, 4) is 5.88 Å². The number of aromatic nitrogens is 2. The summed E-state index contributed by atoms with van der Waals surface area (Å²) >= 11 is 12.3. The molecule has 1 aliphatic heterocycles. The Hall–Kier alpha value is -3.07. The number of rotatable bonds is 7. The van der Waals surface area contributed by atoms with Crippen LogP contribution in [0.3, 0.4) is 0 Å². The number of amides is 1. The van der Waals surface area contributed by atoms with Crippen molar-refractivity contribution in [3.05, 3.63) is 64.3 Å². The first kappa shape index (κ1) is 23.1. The lowest BCUT2D eigenvalue weighted by molar-refractivity contribution is 0.102. The van der Waals surface area contributed by atoms with Gasteiger partial charge >= 0.3 is 0 Å². The lowest BCUT2D eigenvalue weighted by Gasteiger charge is -2.29. The van der Waals surface area contributed by atoms with Crippen LogP contribution in [0.5, 0.6) is 5.88 Å². The molecule has 0 radical (unpaired) electrons. The van der Waals surface area contributed by atoms with Crippen LogP contribution in [0.2, 0.25) is 10.0 Å². The zero-order valence-corrected chi connectivity index (χ0v) is 19.6. The lowest BCUT2D eigenvalue weighted by Crippen LogP contribution is -2.43. The zero-order valence-electron chi connectivity index (χ0n) is 18.1. The molecule has 0 atom stereocenters. The number of carbonyl (C=O) groups is 1. The van der Waals surface area contributed by atoms with E-state index in [1.165, 1.54) is 11.9 Å². The van der Waals surface area contributed by atoms with E-state index in [1.807, 2.05) is 19.1 Å². The predicted octanol–water partition coefficient (Wildman–Crippen LogP) is 4.59. The van der Waals surface area contributed by atoms with Crippen molar-refractivity contribution in [2.45, 2.75) is 6.92 Å². The number of hydrogen-bond donors (Lipinski definition) is 3. The minimum Gasteiger partial charge on any atom is -0.477 e. The molecule has 172 valence electrons. The van der Waals surface area contributed by atoms with Gasteiger partial charge in [0.1, 0.15) is 5.56 Å². The molecule has 2 heterocycles. The van der Waals surface area contributed by atoms with Gasteiger partial charge in [0.25, 0.3) is 5.91 Å². The van der Waals surface area contributed by atoms with Gasteiger partial charge in [-0.3, -0.25) is 4.79 Å². The standard InChI is InChI=1S/C23H24Cl2N6O2/c1-2-33-22-17(21(32)29-20-18(24)4-3-5-19(20)25)14-27-23(30-22)28-15-6-8-16(9-7-15)31-12-10-26-11-13-31/h3-9,14,26H,2,10-13H2,1H3,(H,29,32)(H,27,28,30). The molecule has 3 N–H and O–H groups in total. The number of benzene rings is 2. The molecular weight excluding hydrogens is 463 g/mol. The number of halogens is 2. The monoisotopic (exact) mass is 486 g/mol. The highest BCUT2D eigenvalue weighted by Crippen LogP contribution is 2.31. The Morgan fingerprint density at radius 1 is 1.12 bits per heavy atom. The second-order valence-electron chi connectivity index (χ2n) is 7.31. The molecule has 0 saturated carbocycles. The van der Waals surface area contributed by atoms with Crippen LogP contribution < -0.4 is 25.6 Å². The summed E-state index contributed by atoms with van der Waals surface area (Å²) in [5, 5.41) is 9.88. The van der Waals surface area contributed by atoms with E-state index in [4.69, 9.17) is 27.9 Å². The van der Waals surface area contributed by atoms with Crippen molar-refractivity contribution in [2.75, 3.05) is 48.3 Å². The summed E-state index contributed by atoms with van der Waals surface area (Å²) in [5.74, 6) is 0.00851. The second-order valence-corrected chi connectivity index (χ2v) is 8.12. The summed E-state index contributed by atoms with van der Waals surface area (Å²) in [4.78, 5) is 23.9. The van der Waals surface area contributed by atoms with Crippen molar-refractivity contribution in [2.24, 2.45) is 0 Å². The van der Waals surface area contributed by atoms with Gasteiger partial charge in [-0.05, 0) is 43.3 Å². The van der Waals surface area contributed by atoms with Gasteiger partial charge in [0.15, 0.2) is 0 Å². The maximum absolute atomic E-state index is 12.9. The van der Waals surface area contributed by atoms with E-state index >= 15 is 0 Å². The van der Waals surface area contributed by atoms with E-state index < -0.39 is 5.91 Å². The first-order chi connectivity index (χ1) is 16.0. The topological polar surface area (TPSA) is 91.4 Å². The van der Waals surface area contributed by atoms with Crippen molar-refractivity contribution >= 4 is 52.1 Å². The maximum atomic E-state index is 12.9. The number of para-hydroxylation sites is 1. The quantitative estimate of drug-likeness (QED) is 0.449. The van der Waals surface area contributed by atoms with Crippen LogP contribution in [0.25, 0.3) is 0 Å². The summed E-state index contributed by atoms with van der Waals surface area (Å²) < 4.78 is 5.60. The fourth-order valence-electron chi connectivity index (χ4n) is 3.43. The van der Waals surface area contributed by atoms with E-state index in [9.17, 15) is 4.79 Å². The predicted molar refractivity (Wildman–Crippen MR) is 132 cm³/mol. The Morgan fingerprint density at radius 2 is 1.82 bits per heavy atom. The number of carbonyl (C=O) groups excluding carboxylic acids is 1. The van der Waals surface area contributed by atoms with Crippen molar-refractivity contribution in [1.29, 1.82) is 0 Å². The minimum atomic E-state index is -0.472. The van der Waals surface area contributed by atoms with E-state index in [0.29, 0.717) is 28.3 Å². The number of nitrogens with zero attached hydrogens (tertiary/aromatic N) is 3. The average molecular weight is 487 g/mol. The summed E-state index contributed by atoms with van der Waals surface area (Å²) in [6.07, 6.45) is 1.41. The molecule has 0 aliphatic carbocycles. The number of ether oxygens (including phenoxy) is 1. The highest BCUT2D eigenvalue weighted by molar-refractivity contribution is 6.40. The summed E-state index contributed by atoms with van der Waals surface area (Å²) in [7, 11) is 0. The molecule has 1 aliphatic rings. The van der Waals surface area contributed by atoms with Gasteiger partial charge in [0, 0.05) is 43.8 Å². The molecule has 3 aromatic rings. The smallest absolute Gasteiger partial charge is 0.262 e. The molecule has 4 rings (SSSR count). The maximum Gasteiger partial charge on any atom is 0.262 e. The molecule has 2 aromatic carbocycles. The molecular formula is C23H24Cl2N6O2. The van der Waals surface area contributed by atoms with Gasteiger partial charge in [-0.25, -0.2) is 4.98 Å². The third-order valence-electron chi connectivity index (χ3n) is 5.09. The highest BCUT2D eigenvalue weighted by Gasteiger charge is 2.19. The number of hydrogen-bond acceptors (Lipinski definition) is 7. The van der Waals surface area contributed by atoms with Crippen LogP contribution in [-0.2, 0) is 0 Å². The summed E-state index contributed by atoms with van der Waals surface area (Å²) in [6.45, 7) is 6.08. The van der Waals surface area contributed by atoms with E-state index in [2.05, 4.69) is 43.0 Å². The van der Waals surface area contributed by atoms with Gasteiger partial charge in [-0.2, -0.15) is 4.98 Å². The average Bonchev–Trinajstić information content (AvgIpc) is 2.83. The van der Waals surface area contributed by atoms with Crippen LogP contribution in [0.15, 0.2) is 48.7 Å². The molecule has 1 aromatic heterocycles. The normalized spacial score (nSPS) is 13.5. The molecule has 0 bridgehead atoms. The number of nitrogens with one attached hydrogen (secondary N) is 3. The molecule has 0 unspecified atom stereocenters. The molecule has 10 heteroatoms. The third kappa shape index (κ3) is 5.65. The van der Waals surface area contributed by atoms with E-state index in [1.54, 1.807) is 18.2 Å². The Balaban J connectivity index is 1.50. The highest BCUT2D eigenvalue weighted by atomic mass is 35.5. The van der Waals surface area contributed by atoms with Crippen LogP contribution in [0, 0.1) is 0 Å². The van der Waals surface area contributed by atoms with Gasteiger partial charge in [-0.1, -0.05) is 29.3 Å². The van der Waals surface area contributed by atoms with Crippen LogP contribution in [0.4, 0.5) is 23.0 Å². The number of piperazine rings is 1. The van der Waals surface area contributed by atoms with Gasteiger partial charge < -0.3 is 25.6 Å².